The minimum Gasteiger partial charge on any atom is -0.440 e. The molecule has 0 spiro atoms. The number of likely N-dealkylation sites (tertiary alicyclic amines) is 1. The average molecular weight is 259 g/mol. The van der Waals surface area contributed by atoms with Gasteiger partial charge in [0.05, 0.1) is 0 Å². The number of oxazole rings is 1. The molecule has 1 atom stereocenters. The van der Waals surface area contributed by atoms with E-state index in [1.807, 2.05) is 6.07 Å². The molecule has 1 aromatic carbocycles. The molecule has 0 bridgehead atoms. The standard InChI is InChI=1S/C15H21N3O/c1-10(2)15-17-13-8-11(4-5-14(13)19-15)16-12-6-7-18(3)9-12/h4-5,8,10,12,16H,6-7,9H2,1-3H3. The summed E-state index contributed by atoms with van der Waals surface area (Å²) in [6, 6.07) is 6.72. The summed E-state index contributed by atoms with van der Waals surface area (Å²) in [6.07, 6.45) is 1.20. The van der Waals surface area contributed by atoms with Crippen LogP contribution in [0, 0.1) is 0 Å². The molecule has 0 aliphatic carbocycles. The molecule has 1 aromatic heterocycles. The molecule has 1 unspecified atom stereocenters. The lowest BCUT2D eigenvalue weighted by atomic mass is 10.2. The maximum atomic E-state index is 5.72. The van der Waals surface area contributed by atoms with Gasteiger partial charge in [-0.1, -0.05) is 13.8 Å². The lowest BCUT2D eigenvalue weighted by Gasteiger charge is -2.13. The van der Waals surface area contributed by atoms with Gasteiger partial charge in [0, 0.05) is 24.2 Å². The van der Waals surface area contributed by atoms with Crippen molar-refractivity contribution in [1.29, 1.82) is 0 Å². The maximum Gasteiger partial charge on any atom is 0.198 e. The van der Waals surface area contributed by atoms with Crippen LogP contribution in [0.5, 0.6) is 0 Å². The molecule has 102 valence electrons. The lowest BCUT2D eigenvalue weighted by Crippen LogP contribution is -2.23. The third-order valence-corrected chi connectivity index (χ3v) is 3.66. The van der Waals surface area contributed by atoms with Gasteiger partial charge in [-0.25, -0.2) is 4.98 Å². The Balaban J connectivity index is 1.81. The Morgan fingerprint density at radius 1 is 1.42 bits per heavy atom. The van der Waals surface area contributed by atoms with E-state index in [0.717, 1.165) is 29.2 Å². The molecule has 19 heavy (non-hydrogen) atoms. The number of hydrogen-bond donors (Lipinski definition) is 1. The first-order chi connectivity index (χ1) is 9.11. The second-order valence-corrected chi connectivity index (χ2v) is 5.78. The van der Waals surface area contributed by atoms with E-state index in [1.54, 1.807) is 0 Å². The molecule has 1 saturated heterocycles. The molecule has 4 nitrogen and oxygen atoms in total. The number of likely N-dealkylation sites (N-methyl/N-ethyl adjacent to an activating group) is 1. The summed E-state index contributed by atoms with van der Waals surface area (Å²) < 4.78 is 5.72. The van der Waals surface area contributed by atoms with Crippen molar-refractivity contribution in [2.75, 3.05) is 25.5 Å². The number of fused-ring (bicyclic) bond motifs is 1. The van der Waals surface area contributed by atoms with Gasteiger partial charge in [-0.15, -0.1) is 0 Å². The Hall–Kier alpha value is -1.55. The summed E-state index contributed by atoms with van der Waals surface area (Å²) in [5.41, 5.74) is 2.95. The van der Waals surface area contributed by atoms with Crippen molar-refractivity contribution in [2.24, 2.45) is 0 Å². The molecular formula is C15H21N3O. The van der Waals surface area contributed by atoms with Gasteiger partial charge in [0.15, 0.2) is 11.5 Å². The molecule has 1 aliphatic rings. The third kappa shape index (κ3) is 2.59. The van der Waals surface area contributed by atoms with Crippen LogP contribution in [0.15, 0.2) is 22.6 Å². The van der Waals surface area contributed by atoms with E-state index in [-0.39, 0.29) is 0 Å². The zero-order valence-electron chi connectivity index (χ0n) is 11.8. The fourth-order valence-electron chi connectivity index (χ4n) is 2.57. The summed E-state index contributed by atoms with van der Waals surface area (Å²) in [4.78, 5) is 6.90. The summed E-state index contributed by atoms with van der Waals surface area (Å²) in [7, 11) is 2.16. The highest BCUT2D eigenvalue weighted by atomic mass is 16.3. The molecule has 2 aromatic rings. The largest absolute Gasteiger partial charge is 0.440 e. The first kappa shape index (κ1) is 12.5. The zero-order chi connectivity index (χ0) is 13.4. The second-order valence-electron chi connectivity index (χ2n) is 5.78. The fourth-order valence-corrected chi connectivity index (χ4v) is 2.57. The van der Waals surface area contributed by atoms with Crippen LogP contribution in [0.3, 0.4) is 0 Å². The number of aromatic nitrogens is 1. The van der Waals surface area contributed by atoms with Gasteiger partial charge in [0.1, 0.15) is 5.52 Å². The monoisotopic (exact) mass is 259 g/mol. The smallest absolute Gasteiger partial charge is 0.198 e. The number of rotatable bonds is 3. The van der Waals surface area contributed by atoms with E-state index < -0.39 is 0 Å². The Morgan fingerprint density at radius 3 is 2.95 bits per heavy atom. The molecule has 0 amide bonds. The SMILES string of the molecule is CC(C)c1nc2cc(NC3CCN(C)C3)ccc2o1. The predicted molar refractivity (Wildman–Crippen MR) is 77.6 cm³/mol. The van der Waals surface area contributed by atoms with Crippen LogP contribution >= 0.6 is 0 Å². The Labute approximate surface area is 113 Å². The van der Waals surface area contributed by atoms with Gasteiger partial charge in [-0.2, -0.15) is 0 Å². The third-order valence-electron chi connectivity index (χ3n) is 3.66. The van der Waals surface area contributed by atoms with Gasteiger partial charge < -0.3 is 14.6 Å². The van der Waals surface area contributed by atoms with E-state index >= 15 is 0 Å². The number of benzene rings is 1. The van der Waals surface area contributed by atoms with Crippen molar-refractivity contribution in [3.8, 4) is 0 Å². The molecule has 1 N–H and O–H groups in total. The van der Waals surface area contributed by atoms with Crippen molar-refractivity contribution < 1.29 is 4.42 Å². The van der Waals surface area contributed by atoms with Crippen LogP contribution < -0.4 is 5.32 Å². The summed E-state index contributed by atoms with van der Waals surface area (Å²) in [6.45, 7) is 6.46. The number of anilines is 1. The highest BCUT2D eigenvalue weighted by molar-refractivity contribution is 5.77. The summed E-state index contributed by atoms with van der Waals surface area (Å²) in [5.74, 6) is 1.14. The normalized spacial score (nSPS) is 20.5. The van der Waals surface area contributed by atoms with Crippen molar-refractivity contribution >= 4 is 16.8 Å². The molecular weight excluding hydrogens is 238 g/mol. The molecule has 0 saturated carbocycles. The highest BCUT2D eigenvalue weighted by Gasteiger charge is 2.19. The van der Waals surface area contributed by atoms with E-state index in [4.69, 9.17) is 4.42 Å². The van der Waals surface area contributed by atoms with Crippen molar-refractivity contribution in [1.82, 2.24) is 9.88 Å². The molecule has 1 fully saturated rings. The minimum atomic E-state index is 0.326. The zero-order valence-corrected chi connectivity index (χ0v) is 11.8. The maximum absolute atomic E-state index is 5.72. The molecule has 1 aliphatic heterocycles. The first-order valence-corrected chi connectivity index (χ1v) is 6.97. The Morgan fingerprint density at radius 2 is 2.26 bits per heavy atom. The quantitative estimate of drug-likeness (QED) is 0.919. The van der Waals surface area contributed by atoms with Crippen LogP contribution in [-0.4, -0.2) is 36.1 Å². The molecule has 2 heterocycles. The Kier molecular flexibility index (Phi) is 3.19. The lowest BCUT2D eigenvalue weighted by molar-refractivity contribution is 0.414. The van der Waals surface area contributed by atoms with E-state index in [0.29, 0.717) is 12.0 Å². The van der Waals surface area contributed by atoms with Crippen LogP contribution in [0.25, 0.3) is 11.1 Å². The van der Waals surface area contributed by atoms with Crippen LogP contribution in [0.1, 0.15) is 32.1 Å². The van der Waals surface area contributed by atoms with Crippen LogP contribution in [0.4, 0.5) is 5.69 Å². The van der Waals surface area contributed by atoms with Crippen molar-refractivity contribution in [2.45, 2.75) is 32.2 Å². The topological polar surface area (TPSA) is 41.3 Å². The second kappa shape index (κ2) is 4.85. The van der Waals surface area contributed by atoms with Gasteiger partial charge in [-0.05, 0) is 38.2 Å². The molecule has 0 radical (unpaired) electrons. The van der Waals surface area contributed by atoms with Gasteiger partial charge >= 0.3 is 0 Å². The predicted octanol–water partition coefficient (Wildman–Crippen LogP) is 3.07. The average Bonchev–Trinajstić information content (AvgIpc) is 2.95. The number of nitrogens with zero attached hydrogens (tertiary/aromatic N) is 2. The van der Waals surface area contributed by atoms with Crippen LogP contribution in [0.2, 0.25) is 0 Å². The number of nitrogens with one attached hydrogen (secondary N) is 1. The van der Waals surface area contributed by atoms with Gasteiger partial charge in [0.2, 0.25) is 0 Å². The summed E-state index contributed by atoms with van der Waals surface area (Å²) >= 11 is 0. The Bertz CT molecular complexity index is 576. The van der Waals surface area contributed by atoms with E-state index in [2.05, 4.69) is 48.2 Å². The van der Waals surface area contributed by atoms with E-state index in [9.17, 15) is 0 Å². The van der Waals surface area contributed by atoms with Crippen molar-refractivity contribution in [3.05, 3.63) is 24.1 Å². The fraction of sp³-hybridized carbons (Fsp3) is 0.533. The highest BCUT2D eigenvalue weighted by Crippen LogP contribution is 2.24. The first-order valence-electron chi connectivity index (χ1n) is 6.97. The van der Waals surface area contributed by atoms with Gasteiger partial charge in [-0.3, -0.25) is 0 Å². The minimum absolute atomic E-state index is 0.326. The van der Waals surface area contributed by atoms with Crippen molar-refractivity contribution in [3.63, 3.8) is 0 Å². The van der Waals surface area contributed by atoms with Gasteiger partial charge in [0.25, 0.3) is 0 Å². The van der Waals surface area contributed by atoms with Crippen LogP contribution in [-0.2, 0) is 0 Å². The molecule has 3 rings (SSSR count). The summed E-state index contributed by atoms with van der Waals surface area (Å²) in [5, 5.41) is 3.58. The van der Waals surface area contributed by atoms with E-state index in [1.165, 1.54) is 13.0 Å². The number of hydrogen-bond acceptors (Lipinski definition) is 4. The molecule has 4 heteroatoms.